The number of hydrogen-bond acceptors (Lipinski definition) is 6. The maximum atomic E-state index is 9.91. The van der Waals surface area contributed by atoms with Crippen molar-refractivity contribution >= 4 is 17.0 Å². The van der Waals surface area contributed by atoms with Gasteiger partial charge >= 0.3 is 0 Å². The molecule has 0 fully saturated rings. The predicted molar refractivity (Wildman–Crippen MR) is 77.9 cm³/mol. The lowest BCUT2D eigenvalue weighted by atomic mass is 10.2. The Bertz CT molecular complexity index is 743. The summed E-state index contributed by atoms with van der Waals surface area (Å²) in [6, 6.07) is 7.11. The van der Waals surface area contributed by atoms with Crippen molar-refractivity contribution in [2.45, 2.75) is 6.54 Å². The molecule has 0 saturated carbocycles. The van der Waals surface area contributed by atoms with Crippen LogP contribution in [0, 0.1) is 0 Å². The molecule has 0 saturated heterocycles. The molecular weight excluding hydrogens is 270 g/mol. The summed E-state index contributed by atoms with van der Waals surface area (Å²) in [5.41, 5.74) is 2.04. The molecule has 0 spiro atoms. The second-order valence-corrected chi connectivity index (χ2v) is 4.57. The number of aromatic nitrogens is 4. The highest BCUT2D eigenvalue weighted by Gasteiger charge is 2.15. The molecule has 3 rings (SSSR count). The SMILES string of the molecule is OCCN(Cc1ccccc1O)c1ncnc2nc[nH]c12. The van der Waals surface area contributed by atoms with E-state index in [4.69, 9.17) is 0 Å². The van der Waals surface area contributed by atoms with Gasteiger partial charge in [0.05, 0.1) is 12.9 Å². The third-order valence-corrected chi connectivity index (χ3v) is 3.23. The van der Waals surface area contributed by atoms with Gasteiger partial charge in [0.1, 0.15) is 17.6 Å². The van der Waals surface area contributed by atoms with Gasteiger partial charge in [0.15, 0.2) is 11.5 Å². The third kappa shape index (κ3) is 2.63. The fraction of sp³-hybridized carbons (Fsp3) is 0.214. The first-order valence-corrected chi connectivity index (χ1v) is 6.56. The minimum atomic E-state index is -0.0206. The summed E-state index contributed by atoms with van der Waals surface area (Å²) in [5.74, 6) is 0.866. The van der Waals surface area contributed by atoms with Crippen molar-refractivity contribution in [1.82, 2.24) is 19.9 Å². The van der Waals surface area contributed by atoms with Gasteiger partial charge in [0.2, 0.25) is 0 Å². The van der Waals surface area contributed by atoms with E-state index in [9.17, 15) is 10.2 Å². The summed E-state index contributed by atoms with van der Waals surface area (Å²) in [6.07, 6.45) is 2.99. The molecule has 2 aromatic heterocycles. The molecule has 2 heterocycles. The van der Waals surface area contributed by atoms with Crippen LogP contribution in [0.15, 0.2) is 36.9 Å². The predicted octanol–water partition coefficient (Wildman–Crippen LogP) is 1.06. The van der Waals surface area contributed by atoms with Crippen molar-refractivity contribution in [3.63, 3.8) is 0 Å². The van der Waals surface area contributed by atoms with Crippen LogP contribution in [-0.4, -0.2) is 43.3 Å². The first-order chi connectivity index (χ1) is 10.3. The van der Waals surface area contributed by atoms with Crippen molar-refractivity contribution in [2.75, 3.05) is 18.1 Å². The lowest BCUT2D eigenvalue weighted by Crippen LogP contribution is -2.27. The van der Waals surface area contributed by atoms with Crippen LogP contribution in [0.3, 0.4) is 0 Å². The van der Waals surface area contributed by atoms with Crippen LogP contribution in [-0.2, 0) is 6.54 Å². The number of phenolic OH excluding ortho intramolecular Hbond substituents is 1. The molecule has 3 aromatic rings. The number of aliphatic hydroxyl groups excluding tert-OH is 1. The molecule has 7 heteroatoms. The van der Waals surface area contributed by atoms with E-state index in [0.717, 1.165) is 5.56 Å². The summed E-state index contributed by atoms with van der Waals surface area (Å²) >= 11 is 0. The summed E-state index contributed by atoms with van der Waals surface area (Å²) < 4.78 is 0. The van der Waals surface area contributed by atoms with E-state index in [-0.39, 0.29) is 12.4 Å². The number of aromatic amines is 1. The molecule has 0 radical (unpaired) electrons. The summed E-state index contributed by atoms with van der Waals surface area (Å²) in [7, 11) is 0. The highest BCUT2D eigenvalue weighted by molar-refractivity contribution is 5.82. The highest BCUT2D eigenvalue weighted by atomic mass is 16.3. The first kappa shape index (κ1) is 13.3. The Labute approximate surface area is 120 Å². The Morgan fingerprint density at radius 2 is 2.00 bits per heavy atom. The lowest BCUT2D eigenvalue weighted by molar-refractivity contribution is 0.301. The van der Waals surface area contributed by atoms with E-state index in [1.165, 1.54) is 6.33 Å². The van der Waals surface area contributed by atoms with Crippen LogP contribution in [0.4, 0.5) is 5.82 Å². The van der Waals surface area contributed by atoms with E-state index in [2.05, 4.69) is 19.9 Å². The average molecular weight is 285 g/mol. The van der Waals surface area contributed by atoms with E-state index < -0.39 is 0 Å². The number of fused-ring (bicyclic) bond motifs is 1. The Kier molecular flexibility index (Phi) is 3.65. The second kappa shape index (κ2) is 5.76. The zero-order valence-corrected chi connectivity index (χ0v) is 11.3. The number of aliphatic hydroxyl groups is 1. The summed E-state index contributed by atoms with van der Waals surface area (Å²) in [4.78, 5) is 17.3. The molecule has 0 aliphatic carbocycles. The standard InChI is InChI=1S/C14H15N5O2/c20-6-5-19(7-10-3-1-2-4-11(10)21)14-12-13(16-8-15-12)17-9-18-14/h1-4,8-9,20-21H,5-7H2,(H,15,16,17,18). The Morgan fingerprint density at radius 3 is 2.81 bits per heavy atom. The highest BCUT2D eigenvalue weighted by Crippen LogP contribution is 2.24. The van der Waals surface area contributed by atoms with Crippen molar-refractivity contribution in [2.24, 2.45) is 0 Å². The van der Waals surface area contributed by atoms with Gasteiger partial charge in [0.25, 0.3) is 0 Å². The van der Waals surface area contributed by atoms with E-state index in [0.29, 0.717) is 30.1 Å². The van der Waals surface area contributed by atoms with Gasteiger partial charge in [0, 0.05) is 18.7 Å². The number of hydrogen-bond donors (Lipinski definition) is 3. The number of nitrogens with one attached hydrogen (secondary N) is 1. The quantitative estimate of drug-likeness (QED) is 0.648. The molecule has 0 atom stereocenters. The third-order valence-electron chi connectivity index (χ3n) is 3.23. The number of phenols is 1. The molecular formula is C14H15N5O2. The van der Waals surface area contributed by atoms with E-state index in [1.807, 2.05) is 17.0 Å². The molecule has 1 aromatic carbocycles. The first-order valence-electron chi connectivity index (χ1n) is 6.56. The van der Waals surface area contributed by atoms with Gasteiger partial charge in [-0.2, -0.15) is 0 Å². The molecule has 0 aliphatic rings. The molecule has 0 bridgehead atoms. The molecule has 0 aliphatic heterocycles. The zero-order chi connectivity index (χ0) is 14.7. The van der Waals surface area contributed by atoms with Gasteiger partial charge in [-0.25, -0.2) is 15.0 Å². The Balaban J connectivity index is 1.98. The number of nitrogens with zero attached hydrogens (tertiary/aromatic N) is 4. The Hall–Kier alpha value is -2.67. The van der Waals surface area contributed by atoms with Crippen LogP contribution in [0.1, 0.15) is 5.56 Å². The fourth-order valence-electron chi connectivity index (χ4n) is 2.22. The number of H-pyrrole nitrogens is 1. The van der Waals surface area contributed by atoms with Crippen molar-refractivity contribution in [3.8, 4) is 5.75 Å². The van der Waals surface area contributed by atoms with Gasteiger partial charge in [-0.1, -0.05) is 18.2 Å². The number of imidazole rings is 1. The minimum absolute atomic E-state index is 0.0206. The number of anilines is 1. The van der Waals surface area contributed by atoms with E-state index >= 15 is 0 Å². The van der Waals surface area contributed by atoms with Gasteiger partial charge in [-0.3, -0.25) is 0 Å². The molecule has 7 nitrogen and oxygen atoms in total. The van der Waals surface area contributed by atoms with Gasteiger partial charge in [-0.05, 0) is 6.07 Å². The molecule has 0 unspecified atom stereocenters. The van der Waals surface area contributed by atoms with Crippen molar-refractivity contribution < 1.29 is 10.2 Å². The second-order valence-electron chi connectivity index (χ2n) is 4.57. The van der Waals surface area contributed by atoms with Crippen LogP contribution in [0.2, 0.25) is 0 Å². The largest absolute Gasteiger partial charge is 0.508 e. The minimum Gasteiger partial charge on any atom is -0.508 e. The van der Waals surface area contributed by atoms with Crippen molar-refractivity contribution in [1.29, 1.82) is 0 Å². The monoisotopic (exact) mass is 285 g/mol. The van der Waals surface area contributed by atoms with Crippen molar-refractivity contribution in [3.05, 3.63) is 42.5 Å². The fourth-order valence-corrected chi connectivity index (χ4v) is 2.22. The molecule has 21 heavy (non-hydrogen) atoms. The van der Waals surface area contributed by atoms with Gasteiger partial charge < -0.3 is 20.1 Å². The maximum Gasteiger partial charge on any atom is 0.182 e. The molecule has 3 N–H and O–H groups in total. The normalized spacial score (nSPS) is 10.9. The van der Waals surface area contributed by atoms with E-state index in [1.54, 1.807) is 18.5 Å². The lowest BCUT2D eigenvalue weighted by Gasteiger charge is -2.23. The number of rotatable bonds is 5. The van der Waals surface area contributed by atoms with Crippen LogP contribution in [0.25, 0.3) is 11.2 Å². The molecule has 108 valence electrons. The number of aromatic hydroxyl groups is 1. The van der Waals surface area contributed by atoms with Crippen LogP contribution in [0.5, 0.6) is 5.75 Å². The zero-order valence-electron chi connectivity index (χ0n) is 11.3. The number of benzene rings is 1. The summed E-state index contributed by atoms with van der Waals surface area (Å²) in [6.45, 7) is 0.797. The van der Waals surface area contributed by atoms with Crippen LogP contribution < -0.4 is 4.90 Å². The van der Waals surface area contributed by atoms with Crippen LogP contribution >= 0.6 is 0 Å². The summed E-state index contributed by atoms with van der Waals surface area (Å²) in [5, 5.41) is 19.2. The smallest absolute Gasteiger partial charge is 0.182 e. The maximum absolute atomic E-state index is 9.91. The topological polar surface area (TPSA) is 98.2 Å². The molecule has 0 amide bonds. The average Bonchev–Trinajstić information content (AvgIpc) is 2.97. The number of para-hydroxylation sites is 1. The van der Waals surface area contributed by atoms with Gasteiger partial charge in [-0.15, -0.1) is 0 Å². The Morgan fingerprint density at radius 1 is 1.14 bits per heavy atom.